The van der Waals surface area contributed by atoms with Crippen LogP contribution in [0.25, 0.3) is 33.4 Å². The molecule has 0 aliphatic heterocycles. The van der Waals surface area contributed by atoms with Crippen LogP contribution in [0.3, 0.4) is 0 Å². The number of benzene rings is 7. The van der Waals surface area contributed by atoms with Crippen molar-refractivity contribution in [1.29, 1.82) is 0 Å². The maximum absolute atomic E-state index is 17.1. The van der Waals surface area contributed by atoms with Crippen LogP contribution in [0, 0.1) is 31.3 Å². The van der Waals surface area contributed by atoms with E-state index in [0.717, 1.165) is 29.5 Å². The molecule has 354 valence electrons. The van der Waals surface area contributed by atoms with Crippen molar-refractivity contribution in [3.05, 3.63) is 233 Å². The molecule has 6 nitrogen and oxygen atoms in total. The van der Waals surface area contributed by atoms with Crippen molar-refractivity contribution in [2.75, 3.05) is 19.6 Å². The molecule has 8 aromatic rings. The summed E-state index contributed by atoms with van der Waals surface area (Å²) >= 11 is 0. The molecular weight excluding hydrogens is 878 g/mol. The molecule has 1 aliphatic carbocycles. The topological polar surface area (TPSA) is 58.4 Å². The van der Waals surface area contributed by atoms with Crippen LogP contribution in [0.2, 0.25) is 0 Å². The van der Waals surface area contributed by atoms with Crippen LogP contribution in [0.15, 0.2) is 183 Å². The lowest BCUT2D eigenvalue weighted by atomic mass is 9.71. The second-order valence-electron chi connectivity index (χ2n) is 18.7. The van der Waals surface area contributed by atoms with Crippen LogP contribution in [0.1, 0.15) is 65.5 Å². The number of nitrogens with zero attached hydrogens (tertiary/aromatic N) is 4. The van der Waals surface area contributed by atoms with Gasteiger partial charge in [-0.3, -0.25) is 9.59 Å². The Morgan fingerprint density at radius 3 is 1.70 bits per heavy atom. The number of amides is 2. The maximum atomic E-state index is 17.1. The molecule has 1 atom stereocenters. The summed E-state index contributed by atoms with van der Waals surface area (Å²) < 4.78 is 52.2. The summed E-state index contributed by atoms with van der Waals surface area (Å²) in [6.45, 7) is 6.63. The molecule has 0 unspecified atom stereocenters. The largest absolute Gasteiger partial charge is 0.340 e. The van der Waals surface area contributed by atoms with E-state index in [4.69, 9.17) is 0 Å². The van der Waals surface area contributed by atoms with Crippen LogP contribution in [-0.2, 0) is 28.0 Å². The van der Waals surface area contributed by atoms with Gasteiger partial charge < -0.3 is 14.4 Å². The Balaban J connectivity index is 1.21. The summed E-state index contributed by atoms with van der Waals surface area (Å²) in [7, 11) is 0. The first-order valence-corrected chi connectivity index (χ1v) is 24.2. The van der Waals surface area contributed by atoms with Gasteiger partial charge in [0.1, 0.15) is 22.9 Å². The van der Waals surface area contributed by atoms with Crippen LogP contribution in [0.5, 0.6) is 0 Å². The zero-order valence-electron chi connectivity index (χ0n) is 39.9. The summed E-state index contributed by atoms with van der Waals surface area (Å²) in [5, 5.41) is 0. The first kappa shape index (κ1) is 47.5. The van der Waals surface area contributed by atoms with Gasteiger partial charge in [0.05, 0.1) is 12.2 Å². The van der Waals surface area contributed by atoms with Gasteiger partial charge >= 0.3 is 0 Å². The first-order chi connectivity index (χ1) is 34.0. The fourth-order valence-corrected chi connectivity index (χ4v) is 9.86. The van der Waals surface area contributed by atoms with Gasteiger partial charge in [0, 0.05) is 61.3 Å². The third kappa shape index (κ3) is 10.3. The lowest BCUT2D eigenvalue weighted by Crippen LogP contribution is -2.56. The molecule has 2 amide bonds. The highest BCUT2D eigenvalue weighted by Gasteiger charge is 2.50. The third-order valence-electron chi connectivity index (χ3n) is 13.9. The van der Waals surface area contributed by atoms with Crippen LogP contribution >= 0.6 is 0 Å². The Morgan fingerprint density at radius 1 is 0.671 bits per heavy atom. The number of aromatic nitrogens is 2. The molecule has 7 aromatic carbocycles. The molecule has 1 fully saturated rings. The number of hydrogen-bond donors (Lipinski definition) is 0. The molecule has 9 rings (SSSR count). The van der Waals surface area contributed by atoms with Crippen LogP contribution in [-0.4, -0.2) is 56.8 Å². The van der Waals surface area contributed by atoms with Crippen molar-refractivity contribution >= 4 is 11.8 Å². The molecule has 1 aliphatic rings. The van der Waals surface area contributed by atoms with E-state index in [-0.39, 0.29) is 42.1 Å². The Kier molecular flexibility index (Phi) is 14.3. The van der Waals surface area contributed by atoms with Gasteiger partial charge in [0.25, 0.3) is 0 Å². The minimum Gasteiger partial charge on any atom is -0.340 e. The van der Waals surface area contributed by atoms with Gasteiger partial charge in [-0.25, -0.2) is 18.2 Å². The highest BCUT2D eigenvalue weighted by molar-refractivity contribution is 5.95. The number of rotatable bonds is 18. The number of halogens is 3. The molecule has 0 spiro atoms. The molecule has 0 radical (unpaired) electrons. The Labute approximate surface area is 409 Å². The van der Waals surface area contributed by atoms with Crippen molar-refractivity contribution in [3.8, 4) is 33.4 Å². The van der Waals surface area contributed by atoms with E-state index in [1.54, 1.807) is 60.7 Å². The lowest BCUT2D eigenvalue weighted by molar-refractivity contribution is -0.140. The fourth-order valence-electron chi connectivity index (χ4n) is 9.86. The number of imidazole rings is 1. The molecule has 1 saturated carbocycles. The van der Waals surface area contributed by atoms with E-state index >= 15 is 22.8 Å². The molecule has 1 heterocycles. The summed E-state index contributed by atoms with van der Waals surface area (Å²) in [6, 6.07) is 48.4. The highest BCUT2D eigenvalue weighted by Crippen LogP contribution is 2.43. The molecule has 9 heteroatoms. The number of carbonyl (C=O) groups excluding carboxylic acids is 2. The normalized spacial score (nSPS) is 12.9. The molecule has 0 N–H and O–H groups in total. The van der Waals surface area contributed by atoms with Crippen LogP contribution in [0.4, 0.5) is 13.2 Å². The van der Waals surface area contributed by atoms with E-state index in [1.165, 1.54) is 18.2 Å². The quantitative estimate of drug-likeness (QED) is 0.0861. The van der Waals surface area contributed by atoms with Gasteiger partial charge in [-0.2, -0.15) is 0 Å². The first-order valence-electron chi connectivity index (χ1n) is 24.2. The zero-order valence-corrected chi connectivity index (χ0v) is 39.9. The van der Waals surface area contributed by atoms with Crippen molar-refractivity contribution in [2.45, 2.75) is 70.4 Å². The van der Waals surface area contributed by atoms with E-state index in [0.29, 0.717) is 64.9 Å². The van der Waals surface area contributed by atoms with Crippen LogP contribution < -0.4 is 0 Å². The summed E-state index contributed by atoms with van der Waals surface area (Å²) in [5.41, 5.74) is 5.68. The number of aryl methyl sites for hydroxylation is 3. The second kappa shape index (κ2) is 21.0. The molecule has 0 bridgehead atoms. The van der Waals surface area contributed by atoms with Gasteiger partial charge in [0.2, 0.25) is 11.8 Å². The van der Waals surface area contributed by atoms with Crippen molar-refractivity contribution in [1.82, 2.24) is 19.4 Å². The fraction of sp³-hybridized carbons (Fsp3) is 0.230. The second-order valence-corrected chi connectivity index (χ2v) is 18.7. The number of carbonyl (C=O) groups is 2. The Hall–Kier alpha value is -7.52. The Morgan fingerprint density at radius 2 is 1.21 bits per heavy atom. The smallest absolute Gasteiger partial charge is 0.239 e. The summed E-state index contributed by atoms with van der Waals surface area (Å²) in [4.78, 5) is 39.7. The van der Waals surface area contributed by atoms with E-state index in [1.807, 2.05) is 107 Å². The average molecular weight is 935 g/mol. The van der Waals surface area contributed by atoms with Crippen molar-refractivity contribution < 1.29 is 22.8 Å². The summed E-state index contributed by atoms with van der Waals surface area (Å²) in [5.74, 6) is -3.15. The number of hydrogen-bond acceptors (Lipinski definition) is 3. The predicted octanol–water partition coefficient (Wildman–Crippen LogP) is 13.2. The monoisotopic (exact) mass is 934 g/mol. The zero-order chi connectivity index (χ0) is 48.8. The van der Waals surface area contributed by atoms with Gasteiger partial charge in [-0.05, 0) is 109 Å². The van der Waals surface area contributed by atoms with Gasteiger partial charge in [0.15, 0.2) is 0 Å². The Bertz CT molecular complexity index is 2990. The SMILES string of the molecule is Cc1ccc(CCN(C(=O)C(CN(CCCn2ccnc2)C(=O)[C@H](C)c2ccc(-c3ccccc3)c(F)c2)(c2ccc(-c3ccccc3)c(F)c2)c2ccc(-c3ccccc3)c(F)c2)C2CC2)c(C)c1. The van der Waals surface area contributed by atoms with Gasteiger partial charge in [-0.1, -0.05) is 151 Å². The standard InChI is InChI=1S/C61H57F3N4O2/c1-42-20-21-45(43(2)36-42)30-34-68(52-25-26-52)60(70)61(50-23-28-54(57(63)38-50)47-16-9-5-10-17-47,51-24-29-55(58(64)39-51)48-18-11-6-12-19-48)40-67(33-13-32-66-35-31-65-41-66)59(69)44(3)49-22-27-53(56(62)37-49)46-14-7-4-8-15-46/h4-12,14-24,27-29,31,35-39,41,44,52H,13,25-26,30,32-34,40H2,1-3H3/t44-/m1/s1. The average Bonchev–Trinajstić information content (AvgIpc) is 4.08. The molecule has 70 heavy (non-hydrogen) atoms. The predicted molar refractivity (Wildman–Crippen MR) is 272 cm³/mol. The molecule has 1 aromatic heterocycles. The minimum absolute atomic E-state index is 0.116. The highest BCUT2D eigenvalue weighted by atomic mass is 19.1. The van der Waals surface area contributed by atoms with Crippen molar-refractivity contribution in [2.24, 2.45) is 0 Å². The molecule has 0 saturated heterocycles. The maximum Gasteiger partial charge on any atom is 0.239 e. The van der Waals surface area contributed by atoms with E-state index in [2.05, 4.69) is 37.0 Å². The summed E-state index contributed by atoms with van der Waals surface area (Å²) in [6.07, 6.45) is 7.80. The van der Waals surface area contributed by atoms with E-state index < -0.39 is 28.8 Å². The minimum atomic E-state index is -1.83. The third-order valence-corrected chi connectivity index (χ3v) is 13.9. The molecular formula is C61H57F3N4O2. The lowest BCUT2D eigenvalue weighted by Gasteiger charge is -2.42. The van der Waals surface area contributed by atoms with E-state index in [9.17, 15) is 0 Å². The van der Waals surface area contributed by atoms with Gasteiger partial charge in [-0.15, -0.1) is 0 Å². The van der Waals surface area contributed by atoms with Crippen molar-refractivity contribution in [3.63, 3.8) is 0 Å².